The lowest BCUT2D eigenvalue weighted by Gasteiger charge is -2.48. The summed E-state index contributed by atoms with van der Waals surface area (Å²) < 4.78 is 7.47. The molecule has 0 saturated carbocycles. The van der Waals surface area contributed by atoms with Gasteiger partial charge >= 0.3 is 0 Å². The van der Waals surface area contributed by atoms with Gasteiger partial charge in [0.1, 0.15) is 0 Å². The molecule has 1 aromatic carbocycles. The number of benzene rings is 1. The molecule has 1 aromatic heterocycles. The van der Waals surface area contributed by atoms with Crippen molar-refractivity contribution in [2.75, 3.05) is 26.3 Å². The zero-order valence-corrected chi connectivity index (χ0v) is 16.3. The highest BCUT2D eigenvalue weighted by molar-refractivity contribution is 5.27. The molecule has 4 rings (SSSR count). The van der Waals surface area contributed by atoms with Gasteiger partial charge in [0, 0.05) is 45.2 Å². The Morgan fingerprint density at radius 2 is 1.89 bits per heavy atom. The van der Waals surface area contributed by atoms with Crippen LogP contribution in [0.1, 0.15) is 37.3 Å². The molecule has 0 amide bonds. The summed E-state index contributed by atoms with van der Waals surface area (Å²) in [5.74, 6) is 0.670. The van der Waals surface area contributed by atoms with Gasteiger partial charge in [-0.05, 0) is 48.3 Å². The molecule has 2 fully saturated rings. The van der Waals surface area contributed by atoms with Gasteiger partial charge in [-0.3, -0.25) is 9.58 Å². The predicted molar refractivity (Wildman–Crippen MR) is 105 cm³/mol. The summed E-state index contributed by atoms with van der Waals surface area (Å²) in [6.07, 6.45) is 6.68. The SMILES string of the molecule is C[C@@H]1CN(Cc2ccccc2Cn2cccn2)CC[C@@]1(O)C1CCOCC1. The zero-order chi connectivity index (χ0) is 18.7. The number of aromatic nitrogens is 2. The van der Waals surface area contributed by atoms with Gasteiger partial charge in [-0.2, -0.15) is 5.10 Å². The van der Waals surface area contributed by atoms with Gasteiger partial charge in [-0.1, -0.05) is 31.2 Å². The third-order valence-electron chi connectivity index (χ3n) is 6.55. The number of ether oxygens (including phenoxy) is 1. The van der Waals surface area contributed by atoms with Crippen LogP contribution in [0.2, 0.25) is 0 Å². The lowest BCUT2D eigenvalue weighted by Crippen LogP contribution is -2.55. The minimum atomic E-state index is -0.533. The fourth-order valence-electron chi connectivity index (χ4n) is 4.84. The van der Waals surface area contributed by atoms with Crippen LogP contribution in [0.4, 0.5) is 0 Å². The van der Waals surface area contributed by atoms with E-state index in [1.54, 1.807) is 0 Å². The lowest BCUT2D eigenvalue weighted by molar-refractivity contribution is -0.131. The average molecular weight is 370 g/mol. The fourth-order valence-corrected chi connectivity index (χ4v) is 4.84. The molecule has 5 heteroatoms. The quantitative estimate of drug-likeness (QED) is 0.880. The first-order chi connectivity index (χ1) is 13.1. The number of aliphatic hydroxyl groups is 1. The summed E-state index contributed by atoms with van der Waals surface area (Å²) in [6.45, 7) is 7.45. The molecule has 2 atom stereocenters. The molecule has 1 N–H and O–H groups in total. The maximum atomic E-state index is 11.4. The van der Waals surface area contributed by atoms with Gasteiger partial charge in [0.15, 0.2) is 0 Å². The van der Waals surface area contributed by atoms with Gasteiger partial charge in [0.25, 0.3) is 0 Å². The molecular formula is C22H31N3O2. The summed E-state index contributed by atoms with van der Waals surface area (Å²) in [4.78, 5) is 2.50. The minimum Gasteiger partial charge on any atom is -0.389 e. The van der Waals surface area contributed by atoms with Gasteiger partial charge in [-0.25, -0.2) is 0 Å². The van der Waals surface area contributed by atoms with E-state index in [9.17, 15) is 5.11 Å². The molecule has 146 valence electrons. The van der Waals surface area contributed by atoms with Crippen LogP contribution in [-0.4, -0.2) is 51.7 Å². The molecule has 0 aliphatic carbocycles. The lowest BCUT2D eigenvalue weighted by atomic mass is 9.70. The van der Waals surface area contributed by atoms with Gasteiger partial charge < -0.3 is 9.84 Å². The fraction of sp³-hybridized carbons (Fsp3) is 0.591. The van der Waals surface area contributed by atoms with E-state index in [0.29, 0.717) is 5.92 Å². The zero-order valence-electron chi connectivity index (χ0n) is 16.3. The molecule has 0 bridgehead atoms. The number of likely N-dealkylation sites (tertiary alicyclic amines) is 1. The van der Waals surface area contributed by atoms with Crippen LogP contribution in [0.25, 0.3) is 0 Å². The van der Waals surface area contributed by atoms with Crippen LogP contribution in [0, 0.1) is 11.8 Å². The van der Waals surface area contributed by atoms with Crippen molar-refractivity contribution >= 4 is 0 Å². The number of hydrogen-bond acceptors (Lipinski definition) is 4. The van der Waals surface area contributed by atoms with Crippen molar-refractivity contribution in [3.8, 4) is 0 Å². The Morgan fingerprint density at radius 3 is 2.56 bits per heavy atom. The van der Waals surface area contributed by atoms with Crippen LogP contribution < -0.4 is 0 Å². The molecule has 2 aliphatic rings. The van der Waals surface area contributed by atoms with E-state index in [1.807, 2.05) is 23.1 Å². The molecule has 3 heterocycles. The highest BCUT2D eigenvalue weighted by Crippen LogP contribution is 2.39. The van der Waals surface area contributed by atoms with Crippen molar-refractivity contribution in [3.05, 3.63) is 53.9 Å². The van der Waals surface area contributed by atoms with Crippen LogP contribution in [0.3, 0.4) is 0 Å². The number of hydrogen-bond donors (Lipinski definition) is 1. The van der Waals surface area contributed by atoms with Crippen LogP contribution in [-0.2, 0) is 17.8 Å². The number of rotatable bonds is 5. The van der Waals surface area contributed by atoms with Crippen molar-refractivity contribution in [3.63, 3.8) is 0 Å². The van der Waals surface area contributed by atoms with E-state index < -0.39 is 5.60 Å². The Bertz CT molecular complexity index is 727. The molecule has 0 radical (unpaired) electrons. The minimum absolute atomic E-state index is 0.285. The summed E-state index contributed by atoms with van der Waals surface area (Å²) in [5, 5.41) is 15.7. The third kappa shape index (κ3) is 4.10. The maximum absolute atomic E-state index is 11.4. The molecule has 2 aromatic rings. The largest absolute Gasteiger partial charge is 0.389 e. The molecule has 27 heavy (non-hydrogen) atoms. The van der Waals surface area contributed by atoms with Crippen molar-refractivity contribution in [2.24, 2.45) is 11.8 Å². The normalized spacial score (nSPS) is 27.7. The summed E-state index contributed by atoms with van der Waals surface area (Å²) in [5.41, 5.74) is 2.14. The number of piperidine rings is 1. The van der Waals surface area contributed by atoms with Crippen LogP contribution in [0.15, 0.2) is 42.7 Å². The summed E-state index contributed by atoms with van der Waals surface area (Å²) in [6, 6.07) is 10.6. The van der Waals surface area contributed by atoms with Crippen molar-refractivity contribution in [1.82, 2.24) is 14.7 Å². The highest BCUT2D eigenvalue weighted by atomic mass is 16.5. The van der Waals surface area contributed by atoms with E-state index in [1.165, 1.54) is 11.1 Å². The predicted octanol–water partition coefficient (Wildman–Crippen LogP) is 2.93. The topological polar surface area (TPSA) is 50.5 Å². The van der Waals surface area contributed by atoms with E-state index >= 15 is 0 Å². The summed E-state index contributed by atoms with van der Waals surface area (Å²) >= 11 is 0. The van der Waals surface area contributed by atoms with Gasteiger partial charge in [0.05, 0.1) is 12.1 Å². The molecular weight excluding hydrogens is 338 g/mol. The standard InChI is InChI=1S/C22H31N3O2/c1-18-15-24(12-9-22(18,26)21-7-13-27-14-8-21)16-19-5-2-3-6-20(19)17-25-11-4-10-23-25/h2-6,10-11,18,21,26H,7-9,12-17H2,1H3/t18-,22+/m1/s1. The molecule has 5 nitrogen and oxygen atoms in total. The first kappa shape index (κ1) is 18.7. The molecule has 0 unspecified atom stereocenters. The second kappa shape index (κ2) is 8.13. The van der Waals surface area contributed by atoms with E-state index in [-0.39, 0.29) is 5.92 Å². The Labute approximate surface area is 161 Å². The first-order valence-electron chi connectivity index (χ1n) is 10.2. The average Bonchev–Trinajstić information content (AvgIpc) is 3.20. The third-order valence-corrected chi connectivity index (χ3v) is 6.55. The molecule has 2 aliphatic heterocycles. The van der Waals surface area contributed by atoms with Gasteiger partial charge in [-0.15, -0.1) is 0 Å². The Balaban J connectivity index is 1.41. The van der Waals surface area contributed by atoms with Crippen molar-refractivity contribution in [1.29, 1.82) is 0 Å². The molecule has 2 saturated heterocycles. The Hall–Kier alpha value is -1.69. The Kier molecular flexibility index (Phi) is 5.62. The van der Waals surface area contributed by atoms with E-state index in [0.717, 1.165) is 58.7 Å². The smallest absolute Gasteiger partial charge is 0.0727 e. The monoisotopic (exact) mass is 369 g/mol. The van der Waals surface area contributed by atoms with E-state index in [2.05, 4.69) is 41.2 Å². The van der Waals surface area contributed by atoms with Crippen molar-refractivity contribution in [2.45, 2.75) is 44.9 Å². The van der Waals surface area contributed by atoms with Crippen molar-refractivity contribution < 1.29 is 9.84 Å². The number of nitrogens with zero attached hydrogens (tertiary/aromatic N) is 3. The summed E-state index contributed by atoms with van der Waals surface area (Å²) in [7, 11) is 0. The van der Waals surface area contributed by atoms with E-state index in [4.69, 9.17) is 4.74 Å². The highest BCUT2D eigenvalue weighted by Gasteiger charge is 2.45. The second-order valence-corrected chi connectivity index (χ2v) is 8.24. The van der Waals surface area contributed by atoms with Crippen LogP contribution in [0.5, 0.6) is 0 Å². The Morgan fingerprint density at radius 1 is 1.15 bits per heavy atom. The second-order valence-electron chi connectivity index (χ2n) is 8.24. The van der Waals surface area contributed by atoms with Gasteiger partial charge in [0.2, 0.25) is 0 Å². The molecule has 0 spiro atoms. The van der Waals surface area contributed by atoms with Crippen LogP contribution >= 0.6 is 0 Å². The first-order valence-corrected chi connectivity index (χ1v) is 10.2. The maximum Gasteiger partial charge on any atom is 0.0727 e.